The van der Waals surface area contributed by atoms with Crippen LogP contribution < -0.4 is 4.74 Å². The van der Waals surface area contributed by atoms with E-state index in [1.807, 2.05) is 20.8 Å². The van der Waals surface area contributed by atoms with Crippen molar-refractivity contribution in [2.45, 2.75) is 33.3 Å². The van der Waals surface area contributed by atoms with Gasteiger partial charge in [0.2, 0.25) is 0 Å². The SMILES string of the molecule is COCC(C)CC(=O)c1cncc(OC(C)C)c1. The van der Waals surface area contributed by atoms with Gasteiger partial charge in [-0.2, -0.15) is 0 Å². The predicted molar refractivity (Wildman–Crippen MR) is 70.0 cm³/mol. The number of aromatic nitrogens is 1. The number of carbonyl (C=O) groups is 1. The van der Waals surface area contributed by atoms with Gasteiger partial charge in [0.1, 0.15) is 5.75 Å². The lowest BCUT2D eigenvalue weighted by Crippen LogP contribution is -2.12. The molecule has 1 aromatic heterocycles. The van der Waals surface area contributed by atoms with Gasteiger partial charge in [-0.25, -0.2) is 0 Å². The Hall–Kier alpha value is -1.42. The van der Waals surface area contributed by atoms with E-state index in [4.69, 9.17) is 9.47 Å². The molecule has 0 radical (unpaired) electrons. The van der Waals surface area contributed by atoms with E-state index in [0.29, 0.717) is 24.3 Å². The molecule has 0 fully saturated rings. The lowest BCUT2D eigenvalue weighted by atomic mass is 10.0. The maximum absolute atomic E-state index is 12.0. The quantitative estimate of drug-likeness (QED) is 0.699. The Balaban J connectivity index is 2.68. The summed E-state index contributed by atoms with van der Waals surface area (Å²) >= 11 is 0. The van der Waals surface area contributed by atoms with Crippen molar-refractivity contribution in [3.8, 4) is 5.75 Å². The molecule has 4 heteroatoms. The van der Waals surface area contributed by atoms with E-state index in [-0.39, 0.29) is 17.8 Å². The molecule has 0 aliphatic heterocycles. The van der Waals surface area contributed by atoms with Gasteiger partial charge in [0.25, 0.3) is 0 Å². The van der Waals surface area contributed by atoms with Gasteiger partial charge in [-0.05, 0) is 25.8 Å². The van der Waals surface area contributed by atoms with Crippen molar-refractivity contribution in [3.63, 3.8) is 0 Å². The van der Waals surface area contributed by atoms with Crippen LogP contribution in [0, 0.1) is 5.92 Å². The second-order valence-corrected chi connectivity index (χ2v) is 4.76. The average molecular weight is 251 g/mol. The minimum absolute atomic E-state index is 0.0706. The first-order valence-electron chi connectivity index (χ1n) is 6.16. The Morgan fingerprint density at radius 1 is 1.33 bits per heavy atom. The lowest BCUT2D eigenvalue weighted by Gasteiger charge is -2.11. The van der Waals surface area contributed by atoms with Crippen LogP contribution in [0.5, 0.6) is 5.75 Å². The summed E-state index contributed by atoms with van der Waals surface area (Å²) in [5.74, 6) is 0.911. The van der Waals surface area contributed by atoms with Crippen LogP contribution in [-0.2, 0) is 4.74 Å². The van der Waals surface area contributed by atoms with Crippen molar-refractivity contribution < 1.29 is 14.3 Å². The van der Waals surface area contributed by atoms with E-state index < -0.39 is 0 Å². The van der Waals surface area contributed by atoms with Gasteiger partial charge in [0, 0.05) is 31.9 Å². The molecule has 0 bridgehead atoms. The van der Waals surface area contributed by atoms with E-state index in [1.54, 1.807) is 25.6 Å². The molecule has 100 valence electrons. The second kappa shape index (κ2) is 7.11. The first-order valence-corrected chi connectivity index (χ1v) is 6.16. The molecule has 1 heterocycles. The van der Waals surface area contributed by atoms with E-state index in [9.17, 15) is 4.79 Å². The van der Waals surface area contributed by atoms with Gasteiger partial charge in [0.05, 0.1) is 12.3 Å². The van der Waals surface area contributed by atoms with Crippen molar-refractivity contribution in [2.24, 2.45) is 5.92 Å². The van der Waals surface area contributed by atoms with Crippen molar-refractivity contribution in [2.75, 3.05) is 13.7 Å². The number of nitrogens with zero attached hydrogens (tertiary/aromatic N) is 1. The largest absolute Gasteiger partial charge is 0.489 e. The topological polar surface area (TPSA) is 48.4 Å². The Bertz CT molecular complexity index is 390. The van der Waals surface area contributed by atoms with Crippen LogP contribution in [0.15, 0.2) is 18.5 Å². The monoisotopic (exact) mass is 251 g/mol. The molecule has 0 saturated heterocycles. The van der Waals surface area contributed by atoms with Gasteiger partial charge in [-0.1, -0.05) is 6.92 Å². The number of carbonyl (C=O) groups excluding carboxylic acids is 1. The fourth-order valence-electron chi connectivity index (χ4n) is 1.69. The van der Waals surface area contributed by atoms with Crippen LogP contribution >= 0.6 is 0 Å². The van der Waals surface area contributed by atoms with E-state index >= 15 is 0 Å². The number of methoxy groups -OCH3 is 1. The van der Waals surface area contributed by atoms with Crippen LogP contribution in [-0.4, -0.2) is 30.6 Å². The van der Waals surface area contributed by atoms with E-state index in [2.05, 4.69) is 4.98 Å². The zero-order valence-corrected chi connectivity index (χ0v) is 11.5. The Morgan fingerprint density at radius 3 is 2.67 bits per heavy atom. The van der Waals surface area contributed by atoms with Gasteiger partial charge < -0.3 is 9.47 Å². The third-order valence-corrected chi connectivity index (χ3v) is 2.39. The number of ketones is 1. The summed E-state index contributed by atoms with van der Waals surface area (Å²) in [5.41, 5.74) is 0.594. The number of hydrogen-bond donors (Lipinski definition) is 0. The minimum Gasteiger partial charge on any atom is -0.489 e. The third-order valence-electron chi connectivity index (χ3n) is 2.39. The third kappa shape index (κ3) is 4.84. The fraction of sp³-hybridized carbons (Fsp3) is 0.571. The Morgan fingerprint density at radius 2 is 2.06 bits per heavy atom. The molecule has 1 unspecified atom stereocenters. The van der Waals surface area contributed by atoms with Crippen molar-refractivity contribution in [1.29, 1.82) is 0 Å². The highest BCUT2D eigenvalue weighted by molar-refractivity contribution is 5.96. The van der Waals surface area contributed by atoms with Crippen LogP contribution in [0.25, 0.3) is 0 Å². The van der Waals surface area contributed by atoms with Crippen LogP contribution in [0.1, 0.15) is 37.6 Å². The number of Topliss-reactive ketones (excluding diaryl/α,β-unsaturated/α-hetero) is 1. The summed E-state index contributed by atoms with van der Waals surface area (Å²) in [4.78, 5) is 16.1. The smallest absolute Gasteiger partial charge is 0.164 e. The second-order valence-electron chi connectivity index (χ2n) is 4.76. The van der Waals surface area contributed by atoms with Crippen molar-refractivity contribution in [1.82, 2.24) is 4.98 Å². The molecule has 18 heavy (non-hydrogen) atoms. The normalized spacial score (nSPS) is 12.5. The molecule has 0 amide bonds. The first kappa shape index (κ1) is 14.6. The molecule has 0 saturated carbocycles. The number of pyridine rings is 1. The van der Waals surface area contributed by atoms with Crippen molar-refractivity contribution >= 4 is 5.78 Å². The summed E-state index contributed by atoms with van der Waals surface area (Å²) in [6.45, 7) is 6.45. The summed E-state index contributed by atoms with van der Waals surface area (Å²) < 4.78 is 10.5. The van der Waals surface area contributed by atoms with E-state index in [0.717, 1.165) is 0 Å². The van der Waals surface area contributed by atoms with Crippen molar-refractivity contribution in [3.05, 3.63) is 24.0 Å². The molecule has 1 atom stereocenters. The van der Waals surface area contributed by atoms with Gasteiger partial charge in [-0.3, -0.25) is 9.78 Å². The highest BCUT2D eigenvalue weighted by Gasteiger charge is 2.12. The molecule has 0 aliphatic carbocycles. The molecule has 0 aromatic carbocycles. The maximum atomic E-state index is 12.0. The summed E-state index contributed by atoms with van der Waals surface area (Å²) in [5, 5.41) is 0. The van der Waals surface area contributed by atoms with Crippen LogP contribution in [0.3, 0.4) is 0 Å². The Kier molecular flexibility index (Phi) is 5.78. The molecule has 0 N–H and O–H groups in total. The first-order chi connectivity index (χ1) is 8.52. The van der Waals surface area contributed by atoms with Gasteiger partial charge in [0.15, 0.2) is 5.78 Å². The zero-order valence-electron chi connectivity index (χ0n) is 11.5. The molecule has 4 nitrogen and oxygen atoms in total. The summed E-state index contributed by atoms with van der Waals surface area (Å²) in [7, 11) is 1.64. The van der Waals surface area contributed by atoms with E-state index in [1.165, 1.54) is 0 Å². The molecule has 0 aliphatic rings. The summed E-state index contributed by atoms with van der Waals surface area (Å²) in [6.07, 6.45) is 3.73. The number of ether oxygens (including phenoxy) is 2. The standard InChI is InChI=1S/C14H21NO3/c1-10(2)18-13-6-12(7-15-8-13)14(16)5-11(3)9-17-4/h6-8,10-11H,5,9H2,1-4H3. The van der Waals surface area contributed by atoms with Gasteiger partial charge in [-0.15, -0.1) is 0 Å². The van der Waals surface area contributed by atoms with Crippen LogP contribution in [0.4, 0.5) is 0 Å². The minimum atomic E-state index is 0.0706. The maximum Gasteiger partial charge on any atom is 0.164 e. The molecule has 0 spiro atoms. The highest BCUT2D eigenvalue weighted by Crippen LogP contribution is 2.16. The van der Waals surface area contributed by atoms with Crippen LogP contribution in [0.2, 0.25) is 0 Å². The lowest BCUT2D eigenvalue weighted by molar-refractivity contribution is 0.0919. The summed E-state index contributed by atoms with van der Waals surface area (Å²) in [6, 6.07) is 1.74. The molecular formula is C14H21NO3. The highest BCUT2D eigenvalue weighted by atomic mass is 16.5. The molecular weight excluding hydrogens is 230 g/mol. The zero-order chi connectivity index (χ0) is 13.5. The fourth-order valence-corrected chi connectivity index (χ4v) is 1.69. The number of rotatable bonds is 7. The number of hydrogen-bond acceptors (Lipinski definition) is 4. The molecule has 1 rings (SSSR count). The molecule has 1 aromatic rings. The Labute approximate surface area is 108 Å². The predicted octanol–water partition coefficient (Wildman–Crippen LogP) is 2.72. The average Bonchev–Trinajstić information content (AvgIpc) is 2.28. The van der Waals surface area contributed by atoms with Gasteiger partial charge >= 0.3 is 0 Å².